The molecule has 4 rings (SSSR count). The van der Waals surface area contributed by atoms with Crippen LogP contribution in [0.2, 0.25) is 0 Å². The molecule has 3 aromatic carbocycles. The van der Waals surface area contributed by atoms with Gasteiger partial charge in [-0.3, -0.25) is 9.79 Å². The minimum absolute atomic E-state index is 0.153. The van der Waals surface area contributed by atoms with Crippen LogP contribution in [-0.2, 0) is 0 Å². The van der Waals surface area contributed by atoms with Gasteiger partial charge in [-0.05, 0) is 62.2 Å². The summed E-state index contributed by atoms with van der Waals surface area (Å²) in [6.07, 6.45) is 1.64. The second kappa shape index (κ2) is 8.11. The molecule has 0 atom stereocenters. The summed E-state index contributed by atoms with van der Waals surface area (Å²) in [5, 5.41) is 12.3. The van der Waals surface area contributed by atoms with Crippen molar-refractivity contribution in [2.45, 2.75) is 20.8 Å². The minimum atomic E-state index is -0.293. The van der Waals surface area contributed by atoms with E-state index in [1.807, 2.05) is 32.0 Å². The van der Waals surface area contributed by atoms with Crippen molar-refractivity contribution >= 4 is 22.7 Å². The number of hydrogen-bond donors (Lipinski definition) is 1. The lowest BCUT2D eigenvalue weighted by Gasteiger charge is -2.14. The number of hydrogen-bond acceptors (Lipinski definition) is 4. The van der Waals surface area contributed by atoms with Crippen LogP contribution in [0.25, 0.3) is 16.5 Å². The molecule has 0 saturated heterocycles. The van der Waals surface area contributed by atoms with Crippen molar-refractivity contribution in [3.63, 3.8) is 0 Å². The highest BCUT2D eigenvalue weighted by atomic mass is 16.5. The van der Waals surface area contributed by atoms with Gasteiger partial charge < -0.3 is 9.84 Å². The third-order valence-corrected chi connectivity index (χ3v) is 5.39. The zero-order valence-electron chi connectivity index (χ0n) is 18.0. The molecule has 0 amide bonds. The summed E-state index contributed by atoms with van der Waals surface area (Å²) >= 11 is 0. The maximum Gasteiger partial charge on any atom is 0.265 e. The Morgan fingerprint density at radius 1 is 0.935 bits per heavy atom. The van der Waals surface area contributed by atoms with Crippen LogP contribution in [-0.4, -0.2) is 23.0 Å². The van der Waals surface area contributed by atoms with Gasteiger partial charge in [-0.15, -0.1) is 0 Å². The normalized spacial score (nSPS) is 11.4. The number of pyridine rings is 1. The van der Waals surface area contributed by atoms with Crippen molar-refractivity contribution in [1.82, 2.24) is 4.57 Å². The number of nitrogens with zero attached hydrogens (tertiary/aromatic N) is 2. The van der Waals surface area contributed by atoms with Gasteiger partial charge in [0.05, 0.1) is 24.0 Å². The third-order valence-electron chi connectivity index (χ3n) is 5.39. The Hall–Kier alpha value is -3.86. The van der Waals surface area contributed by atoms with Crippen LogP contribution >= 0.6 is 0 Å². The monoisotopic (exact) mass is 412 g/mol. The molecule has 0 spiro atoms. The number of aromatic hydroxyl groups is 1. The fourth-order valence-corrected chi connectivity index (χ4v) is 3.97. The molecule has 1 N–H and O–H groups in total. The van der Waals surface area contributed by atoms with Gasteiger partial charge in [-0.25, -0.2) is 4.57 Å². The first-order chi connectivity index (χ1) is 14.9. The van der Waals surface area contributed by atoms with Gasteiger partial charge in [0, 0.05) is 17.0 Å². The molecule has 4 aromatic rings. The molecule has 0 saturated carbocycles. The van der Waals surface area contributed by atoms with E-state index in [0.717, 1.165) is 16.8 Å². The highest BCUT2D eigenvalue weighted by Crippen LogP contribution is 2.29. The number of rotatable bonds is 4. The number of fused-ring (bicyclic) bond motifs is 1. The predicted molar refractivity (Wildman–Crippen MR) is 126 cm³/mol. The first-order valence-electron chi connectivity index (χ1n) is 10.0. The minimum Gasteiger partial charge on any atom is -0.497 e. The fourth-order valence-electron chi connectivity index (χ4n) is 3.97. The van der Waals surface area contributed by atoms with Crippen molar-refractivity contribution < 1.29 is 9.84 Å². The molecule has 0 aliphatic rings. The van der Waals surface area contributed by atoms with Crippen LogP contribution in [0.3, 0.4) is 0 Å². The van der Waals surface area contributed by atoms with E-state index >= 15 is 0 Å². The molecule has 0 bridgehead atoms. The predicted octanol–water partition coefficient (Wildman–Crippen LogP) is 5.38. The first-order valence-corrected chi connectivity index (χ1v) is 10.0. The third kappa shape index (κ3) is 3.70. The van der Waals surface area contributed by atoms with Crippen molar-refractivity contribution in [3.8, 4) is 17.3 Å². The number of methoxy groups -OCH3 is 1. The molecule has 1 heterocycles. The largest absolute Gasteiger partial charge is 0.497 e. The van der Waals surface area contributed by atoms with Crippen molar-refractivity contribution in [2.24, 2.45) is 4.99 Å². The average molecular weight is 412 g/mol. The quantitative estimate of drug-likeness (QED) is 0.458. The number of ether oxygens (including phenoxy) is 1. The van der Waals surface area contributed by atoms with E-state index < -0.39 is 0 Å². The summed E-state index contributed by atoms with van der Waals surface area (Å²) in [5.74, 6) is 0.518. The summed E-state index contributed by atoms with van der Waals surface area (Å²) in [4.78, 5) is 17.9. The fraction of sp³-hybridized carbons (Fsp3) is 0.154. The first kappa shape index (κ1) is 20.4. The van der Waals surface area contributed by atoms with E-state index in [0.29, 0.717) is 27.8 Å². The molecule has 156 valence electrons. The Kier molecular flexibility index (Phi) is 5.34. The highest BCUT2D eigenvalue weighted by Gasteiger charge is 2.16. The van der Waals surface area contributed by atoms with Crippen molar-refractivity contribution in [2.75, 3.05) is 7.11 Å². The zero-order chi connectivity index (χ0) is 22.1. The van der Waals surface area contributed by atoms with Gasteiger partial charge in [0.1, 0.15) is 5.75 Å². The number of aromatic nitrogens is 1. The van der Waals surface area contributed by atoms with Gasteiger partial charge in [-0.2, -0.15) is 0 Å². The molecule has 1 aromatic heterocycles. The molecule has 31 heavy (non-hydrogen) atoms. The molecule has 5 heteroatoms. The van der Waals surface area contributed by atoms with Crippen LogP contribution in [0.4, 0.5) is 5.69 Å². The molecule has 0 aliphatic carbocycles. The van der Waals surface area contributed by atoms with Crippen LogP contribution in [0.5, 0.6) is 11.6 Å². The Bertz CT molecular complexity index is 1340. The van der Waals surface area contributed by atoms with Gasteiger partial charge in [-0.1, -0.05) is 35.9 Å². The molecule has 0 fully saturated rings. The summed E-state index contributed by atoms with van der Waals surface area (Å²) in [6, 6.07) is 18.4. The topological polar surface area (TPSA) is 63.8 Å². The maximum absolute atomic E-state index is 13.2. The number of benzene rings is 3. The van der Waals surface area contributed by atoms with Gasteiger partial charge in [0.2, 0.25) is 5.88 Å². The van der Waals surface area contributed by atoms with Crippen LogP contribution in [0.15, 0.2) is 70.5 Å². The average Bonchev–Trinajstić information content (AvgIpc) is 2.75. The molecule has 0 aliphatic heterocycles. The summed E-state index contributed by atoms with van der Waals surface area (Å²) < 4.78 is 6.51. The lowest BCUT2D eigenvalue weighted by atomic mass is 10.0. The molecular formula is C26H24N2O3. The van der Waals surface area contributed by atoms with E-state index in [-0.39, 0.29) is 11.4 Å². The van der Waals surface area contributed by atoms with Crippen molar-refractivity contribution in [1.29, 1.82) is 0 Å². The molecule has 0 unspecified atom stereocenters. The number of aryl methyl sites for hydroxylation is 3. The smallest absolute Gasteiger partial charge is 0.265 e. The Balaban J connectivity index is 1.96. The zero-order valence-corrected chi connectivity index (χ0v) is 18.0. The van der Waals surface area contributed by atoms with Crippen LogP contribution in [0.1, 0.15) is 22.3 Å². The lowest BCUT2D eigenvalue weighted by molar-refractivity contribution is 0.414. The highest BCUT2D eigenvalue weighted by molar-refractivity contribution is 6.02. The molecule has 0 radical (unpaired) electrons. The van der Waals surface area contributed by atoms with Gasteiger partial charge in [0.15, 0.2) is 0 Å². The van der Waals surface area contributed by atoms with E-state index in [2.05, 4.69) is 19.1 Å². The standard InChI is InChI=1S/C26H24N2O3/c1-16-13-17(2)24(18(3)14-16)27-15-23-21-7-5-6-8-22(21)25(29)28(26(23)30)19-9-11-20(31-4)12-10-19/h5-15,30H,1-4H3. The SMILES string of the molecule is COc1ccc(-n2c(O)c(C=Nc3c(C)cc(C)cc3C)c3ccccc3c2=O)cc1. The van der Waals surface area contributed by atoms with E-state index in [1.165, 1.54) is 10.1 Å². The van der Waals surface area contributed by atoms with E-state index in [9.17, 15) is 9.90 Å². The summed E-state index contributed by atoms with van der Waals surface area (Å²) in [6.45, 7) is 6.09. The van der Waals surface area contributed by atoms with Gasteiger partial charge in [0.25, 0.3) is 5.56 Å². The Morgan fingerprint density at radius 3 is 2.16 bits per heavy atom. The second-order valence-electron chi connectivity index (χ2n) is 7.63. The molecule has 5 nitrogen and oxygen atoms in total. The Labute approximate surface area is 180 Å². The Morgan fingerprint density at radius 2 is 1.55 bits per heavy atom. The summed E-state index contributed by atoms with van der Waals surface area (Å²) in [7, 11) is 1.58. The summed E-state index contributed by atoms with van der Waals surface area (Å²) in [5.41, 5.74) is 4.89. The van der Waals surface area contributed by atoms with Gasteiger partial charge >= 0.3 is 0 Å². The van der Waals surface area contributed by atoms with Crippen LogP contribution in [0, 0.1) is 20.8 Å². The van der Waals surface area contributed by atoms with E-state index in [1.54, 1.807) is 43.7 Å². The van der Waals surface area contributed by atoms with Crippen LogP contribution < -0.4 is 10.3 Å². The second-order valence-corrected chi connectivity index (χ2v) is 7.63. The van der Waals surface area contributed by atoms with Crippen molar-refractivity contribution in [3.05, 3.63) is 93.3 Å². The lowest BCUT2D eigenvalue weighted by Crippen LogP contribution is -2.20. The number of aliphatic imine (C=N–C) groups is 1. The molecular weight excluding hydrogens is 388 g/mol. The van der Waals surface area contributed by atoms with E-state index in [4.69, 9.17) is 9.73 Å². The maximum atomic E-state index is 13.2.